The Kier molecular flexibility index (Phi) is 5.24. The maximum absolute atomic E-state index is 12.7. The minimum absolute atomic E-state index is 0.000388. The van der Waals surface area contributed by atoms with Gasteiger partial charge in [0.25, 0.3) is 0 Å². The van der Waals surface area contributed by atoms with Crippen LogP contribution in [0, 0.1) is 0 Å². The zero-order chi connectivity index (χ0) is 18.2. The van der Waals surface area contributed by atoms with E-state index in [9.17, 15) is 13.2 Å². The first-order chi connectivity index (χ1) is 11.8. The molecule has 3 rings (SSSR count). The number of nitrogens with zero attached hydrogens (tertiary/aromatic N) is 1. The molecule has 0 saturated carbocycles. The Morgan fingerprint density at radius 3 is 2.76 bits per heavy atom. The normalized spacial score (nSPS) is 16.8. The van der Waals surface area contributed by atoms with E-state index in [0.717, 1.165) is 20.6 Å². The first kappa shape index (κ1) is 18.4. The lowest BCUT2D eigenvalue weighted by Crippen LogP contribution is -2.36. The molecule has 2 aromatic rings. The van der Waals surface area contributed by atoms with Crippen LogP contribution in [0.1, 0.15) is 12.5 Å². The number of sulfonamides is 1. The summed E-state index contributed by atoms with van der Waals surface area (Å²) < 4.78 is 24.0. The number of hydrogen-bond acceptors (Lipinski definition) is 4. The van der Waals surface area contributed by atoms with Gasteiger partial charge in [-0.15, -0.1) is 11.8 Å². The second kappa shape index (κ2) is 7.11. The molecular weight excluding hydrogens is 424 g/mol. The van der Waals surface area contributed by atoms with Crippen molar-refractivity contribution in [2.45, 2.75) is 29.2 Å². The smallest absolute Gasteiger partial charge is 0.238 e. The Hall–Kier alpha value is -1.35. The number of rotatable bonds is 4. The number of hydrogen-bond donors (Lipinski definition) is 1. The number of anilines is 1. The van der Waals surface area contributed by atoms with Gasteiger partial charge in [-0.05, 0) is 55.3 Å². The predicted molar refractivity (Wildman–Crippen MR) is 103 cm³/mol. The number of thioether (sulfide) groups is 1. The lowest BCUT2D eigenvalue weighted by Gasteiger charge is -2.22. The van der Waals surface area contributed by atoms with E-state index in [1.807, 2.05) is 31.2 Å². The van der Waals surface area contributed by atoms with Crippen LogP contribution >= 0.6 is 27.7 Å². The molecule has 25 heavy (non-hydrogen) atoms. The highest BCUT2D eigenvalue weighted by atomic mass is 79.9. The quantitative estimate of drug-likeness (QED) is 0.740. The summed E-state index contributed by atoms with van der Waals surface area (Å²) in [6.45, 7) is 1.96. The highest BCUT2D eigenvalue weighted by Crippen LogP contribution is 2.34. The van der Waals surface area contributed by atoms with Crippen molar-refractivity contribution in [3.63, 3.8) is 0 Å². The Labute approximate surface area is 159 Å². The monoisotopic (exact) mass is 440 g/mol. The van der Waals surface area contributed by atoms with Crippen LogP contribution in [-0.2, 0) is 21.2 Å². The summed E-state index contributed by atoms with van der Waals surface area (Å²) in [6.07, 6.45) is 0.617. The molecule has 1 heterocycles. The van der Waals surface area contributed by atoms with Crippen molar-refractivity contribution in [3.8, 4) is 0 Å². The highest BCUT2D eigenvalue weighted by molar-refractivity contribution is 9.10. The third-order valence-electron chi connectivity index (χ3n) is 4.02. The van der Waals surface area contributed by atoms with Gasteiger partial charge in [0, 0.05) is 21.1 Å². The molecule has 0 radical (unpaired) electrons. The van der Waals surface area contributed by atoms with Gasteiger partial charge >= 0.3 is 0 Å². The summed E-state index contributed by atoms with van der Waals surface area (Å²) in [6, 6.07) is 12.5. The first-order valence-electron chi connectivity index (χ1n) is 7.62. The zero-order valence-corrected chi connectivity index (χ0v) is 16.7. The zero-order valence-electron chi connectivity index (χ0n) is 13.5. The maximum atomic E-state index is 12.7. The van der Waals surface area contributed by atoms with Crippen molar-refractivity contribution in [3.05, 3.63) is 52.5 Å². The Morgan fingerprint density at radius 1 is 1.32 bits per heavy atom. The maximum Gasteiger partial charge on any atom is 0.238 e. The molecule has 0 fully saturated rings. The lowest BCUT2D eigenvalue weighted by molar-refractivity contribution is -0.116. The van der Waals surface area contributed by atoms with Gasteiger partial charge in [-0.1, -0.05) is 22.0 Å². The number of benzene rings is 2. The molecule has 0 saturated heterocycles. The molecule has 132 valence electrons. The van der Waals surface area contributed by atoms with Gasteiger partial charge in [0.1, 0.15) is 0 Å². The van der Waals surface area contributed by atoms with E-state index >= 15 is 0 Å². The van der Waals surface area contributed by atoms with Gasteiger partial charge in [0.05, 0.1) is 10.6 Å². The van der Waals surface area contributed by atoms with Crippen LogP contribution in [0.25, 0.3) is 0 Å². The molecule has 1 aliphatic heterocycles. The van der Waals surface area contributed by atoms with E-state index in [2.05, 4.69) is 15.9 Å². The van der Waals surface area contributed by atoms with Crippen molar-refractivity contribution in [1.29, 1.82) is 0 Å². The average molecular weight is 441 g/mol. The molecular formula is C17H17BrN2O3S2. The molecule has 0 aliphatic carbocycles. The van der Waals surface area contributed by atoms with E-state index in [0.29, 0.717) is 12.2 Å². The van der Waals surface area contributed by atoms with Gasteiger partial charge in [0.15, 0.2) is 0 Å². The SMILES string of the molecule is CC1Cc2cc(S(N)(=O)=O)ccc2N1C(=O)CSc1cccc(Br)c1. The van der Waals surface area contributed by atoms with Crippen LogP contribution < -0.4 is 10.0 Å². The molecule has 1 unspecified atom stereocenters. The van der Waals surface area contributed by atoms with Crippen molar-refractivity contribution in [2.24, 2.45) is 5.14 Å². The molecule has 1 atom stereocenters. The molecule has 0 spiro atoms. The molecule has 2 aromatic carbocycles. The fraction of sp³-hybridized carbons (Fsp3) is 0.235. The topological polar surface area (TPSA) is 80.5 Å². The number of nitrogens with two attached hydrogens (primary N) is 1. The minimum atomic E-state index is -3.74. The van der Waals surface area contributed by atoms with Crippen LogP contribution in [0.5, 0.6) is 0 Å². The summed E-state index contributed by atoms with van der Waals surface area (Å²) >= 11 is 4.90. The van der Waals surface area contributed by atoms with Crippen LogP contribution in [-0.4, -0.2) is 26.1 Å². The Morgan fingerprint density at radius 2 is 2.08 bits per heavy atom. The number of carbonyl (C=O) groups excluding carboxylic acids is 1. The number of carbonyl (C=O) groups is 1. The second-order valence-electron chi connectivity index (χ2n) is 5.90. The summed E-state index contributed by atoms with van der Waals surface area (Å²) in [5, 5.41) is 5.19. The van der Waals surface area contributed by atoms with Crippen LogP contribution in [0.15, 0.2) is 56.7 Å². The summed E-state index contributed by atoms with van der Waals surface area (Å²) in [7, 11) is -3.74. The second-order valence-corrected chi connectivity index (χ2v) is 9.42. The van der Waals surface area contributed by atoms with Gasteiger partial charge in [-0.2, -0.15) is 0 Å². The third kappa shape index (κ3) is 4.08. The average Bonchev–Trinajstić information content (AvgIpc) is 2.87. The summed E-state index contributed by atoms with van der Waals surface area (Å²) in [5.74, 6) is 0.316. The van der Waals surface area contributed by atoms with Crippen molar-refractivity contribution in [1.82, 2.24) is 0 Å². The van der Waals surface area contributed by atoms with Crippen molar-refractivity contribution in [2.75, 3.05) is 10.7 Å². The Bertz CT molecular complexity index is 931. The van der Waals surface area contributed by atoms with E-state index in [4.69, 9.17) is 5.14 Å². The molecule has 5 nitrogen and oxygen atoms in total. The van der Waals surface area contributed by atoms with Crippen LogP contribution in [0.3, 0.4) is 0 Å². The number of halogens is 1. The van der Waals surface area contributed by atoms with Crippen molar-refractivity contribution >= 4 is 49.3 Å². The first-order valence-corrected chi connectivity index (χ1v) is 10.9. The van der Waals surface area contributed by atoms with Gasteiger partial charge in [0.2, 0.25) is 15.9 Å². The fourth-order valence-corrected chi connectivity index (χ4v) is 4.87. The van der Waals surface area contributed by atoms with E-state index in [-0.39, 0.29) is 16.8 Å². The predicted octanol–water partition coefficient (Wildman–Crippen LogP) is 3.17. The molecule has 1 aliphatic rings. The summed E-state index contributed by atoms with van der Waals surface area (Å²) in [5.41, 5.74) is 1.60. The molecule has 1 amide bonds. The molecule has 2 N–H and O–H groups in total. The number of fused-ring (bicyclic) bond motifs is 1. The number of amides is 1. The Balaban J connectivity index is 1.78. The molecule has 8 heteroatoms. The van der Waals surface area contributed by atoms with Gasteiger partial charge in [-0.25, -0.2) is 13.6 Å². The third-order valence-corrected chi connectivity index (χ3v) is 6.41. The lowest BCUT2D eigenvalue weighted by atomic mass is 10.1. The van der Waals surface area contributed by atoms with Gasteiger partial charge in [-0.3, -0.25) is 4.79 Å². The van der Waals surface area contributed by atoms with E-state index in [1.165, 1.54) is 17.8 Å². The van der Waals surface area contributed by atoms with Crippen molar-refractivity contribution < 1.29 is 13.2 Å². The number of primary sulfonamides is 1. The highest BCUT2D eigenvalue weighted by Gasteiger charge is 2.31. The van der Waals surface area contributed by atoms with E-state index < -0.39 is 10.0 Å². The van der Waals surface area contributed by atoms with Gasteiger partial charge < -0.3 is 4.90 Å². The van der Waals surface area contributed by atoms with Crippen LogP contribution in [0.4, 0.5) is 5.69 Å². The molecule has 0 aromatic heterocycles. The van der Waals surface area contributed by atoms with Crippen LogP contribution in [0.2, 0.25) is 0 Å². The molecule has 0 bridgehead atoms. The fourth-order valence-electron chi connectivity index (χ4n) is 2.94. The van der Waals surface area contributed by atoms with E-state index in [1.54, 1.807) is 17.0 Å². The standard InChI is InChI=1S/C17H17BrN2O3S2/c1-11-7-12-8-15(25(19,22)23)5-6-16(12)20(11)17(21)10-24-14-4-2-3-13(18)9-14/h2-6,8-9,11H,7,10H2,1H3,(H2,19,22,23). The summed E-state index contributed by atoms with van der Waals surface area (Å²) in [4.78, 5) is 15.5. The minimum Gasteiger partial charge on any atom is -0.308 e. The largest absolute Gasteiger partial charge is 0.308 e.